The van der Waals surface area contributed by atoms with Crippen molar-refractivity contribution in [3.63, 3.8) is 0 Å². The predicted molar refractivity (Wildman–Crippen MR) is 79.3 cm³/mol. The lowest BCUT2D eigenvalue weighted by molar-refractivity contribution is 0.0530. The van der Waals surface area contributed by atoms with E-state index in [4.69, 9.17) is 16.2 Å². The number of hydrogen-bond donors (Lipinski definition) is 4. The molecule has 1 amide bonds. The minimum Gasteiger partial charge on any atom is -0.444 e. The predicted octanol–water partition coefficient (Wildman–Crippen LogP) is 1.06. The third kappa shape index (κ3) is 5.75. The van der Waals surface area contributed by atoms with Gasteiger partial charge in [0, 0.05) is 25.2 Å². The minimum atomic E-state index is -0.494. The maximum absolute atomic E-state index is 11.4. The van der Waals surface area contributed by atoms with Crippen LogP contribution >= 0.6 is 0 Å². The Morgan fingerprint density at radius 2 is 2.05 bits per heavy atom. The van der Waals surface area contributed by atoms with Gasteiger partial charge in [-0.05, 0) is 26.8 Å². The number of ether oxygens (including phenoxy) is 1. The molecule has 112 valence electrons. The fourth-order valence-corrected chi connectivity index (χ4v) is 1.44. The number of alkyl carbamates (subject to hydrolysis) is 1. The summed E-state index contributed by atoms with van der Waals surface area (Å²) in [6, 6.07) is 3.62. The van der Waals surface area contributed by atoms with Crippen LogP contribution in [0.15, 0.2) is 12.1 Å². The number of nitrogens with two attached hydrogens (primary N) is 2. The van der Waals surface area contributed by atoms with E-state index >= 15 is 0 Å². The van der Waals surface area contributed by atoms with Crippen LogP contribution in [0.5, 0.6) is 0 Å². The summed E-state index contributed by atoms with van der Waals surface area (Å²) in [5, 5.41) is 5.70. The molecular formula is C13H23N5O2. The van der Waals surface area contributed by atoms with E-state index in [1.807, 2.05) is 26.8 Å². The molecule has 20 heavy (non-hydrogen) atoms. The minimum absolute atomic E-state index is 0.360. The first-order chi connectivity index (χ1) is 9.31. The number of nitrogen functional groups attached to an aromatic ring is 1. The number of hydrogen-bond acceptors (Lipinski definition) is 6. The van der Waals surface area contributed by atoms with Crippen LogP contribution in [0.1, 0.15) is 26.3 Å². The van der Waals surface area contributed by atoms with Gasteiger partial charge in [0.2, 0.25) is 0 Å². The molecule has 0 aliphatic rings. The van der Waals surface area contributed by atoms with E-state index in [1.165, 1.54) is 0 Å². The van der Waals surface area contributed by atoms with Crippen molar-refractivity contribution in [3.05, 3.63) is 17.7 Å². The molecule has 1 aromatic heterocycles. The second-order valence-electron chi connectivity index (χ2n) is 5.30. The van der Waals surface area contributed by atoms with Crippen molar-refractivity contribution in [1.82, 2.24) is 10.3 Å². The van der Waals surface area contributed by atoms with E-state index in [9.17, 15) is 4.79 Å². The van der Waals surface area contributed by atoms with E-state index in [1.54, 1.807) is 6.07 Å². The van der Waals surface area contributed by atoms with Crippen molar-refractivity contribution < 1.29 is 9.53 Å². The molecule has 1 aromatic rings. The van der Waals surface area contributed by atoms with Crippen LogP contribution in [0.25, 0.3) is 0 Å². The second kappa shape index (κ2) is 6.95. The Morgan fingerprint density at radius 3 is 2.60 bits per heavy atom. The molecule has 0 aliphatic carbocycles. The molecule has 0 fully saturated rings. The van der Waals surface area contributed by atoms with Crippen LogP contribution in [0, 0.1) is 0 Å². The molecule has 1 rings (SSSR count). The number of anilines is 2. The molecule has 0 atom stereocenters. The van der Waals surface area contributed by atoms with E-state index in [0.29, 0.717) is 31.3 Å². The van der Waals surface area contributed by atoms with Crippen molar-refractivity contribution in [3.8, 4) is 0 Å². The maximum Gasteiger partial charge on any atom is 0.407 e. The molecule has 7 heteroatoms. The molecule has 0 aliphatic heterocycles. The van der Waals surface area contributed by atoms with Crippen LogP contribution < -0.4 is 22.1 Å². The molecule has 0 radical (unpaired) electrons. The van der Waals surface area contributed by atoms with E-state index in [0.717, 1.165) is 5.56 Å². The number of nitrogens with one attached hydrogen (secondary N) is 2. The Labute approximate surface area is 119 Å². The van der Waals surface area contributed by atoms with Gasteiger partial charge in [-0.1, -0.05) is 6.07 Å². The largest absolute Gasteiger partial charge is 0.444 e. The average Bonchev–Trinajstić information content (AvgIpc) is 2.33. The van der Waals surface area contributed by atoms with Gasteiger partial charge in [-0.15, -0.1) is 0 Å². The average molecular weight is 281 g/mol. The molecule has 0 unspecified atom stereocenters. The smallest absolute Gasteiger partial charge is 0.407 e. The van der Waals surface area contributed by atoms with E-state index in [2.05, 4.69) is 15.6 Å². The molecule has 6 N–H and O–H groups in total. The van der Waals surface area contributed by atoms with Crippen molar-refractivity contribution in [2.75, 3.05) is 24.1 Å². The highest BCUT2D eigenvalue weighted by molar-refractivity contribution is 5.67. The third-order valence-electron chi connectivity index (χ3n) is 2.33. The molecule has 1 heterocycles. The first-order valence-corrected chi connectivity index (χ1v) is 6.48. The molecule has 0 aromatic carbocycles. The van der Waals surface area contributed by atoms with Crippen LogP contribution in [-0.2, 0) is 11.3 Å². The normalized spacial score (nSPS) is 11.0. The van der Waals surface area contributed by atoms with Crippen LogP contribution in [0.4, 0.5) is 16.4 Å². The lowest BCUT2D eigenvalue weighted by Gasteiger charge is -2.19. The SMILES string of the molecule is CC(C)(C)OC(=O)NCCNc1ccc(CN)c(N)n1. The summed E-state index contributed by atoms with van der Waals surface area (Å²) in [7, 11) is 0. The Bertz CT molecular complexity index is 457. The molecule has 0 spiro atoms. The van der Waals surface area contributed by atoms with Crippen molar-refractivity contribution in [1.29, 1.82) is 0 Å². The van der Waals surface area contributed by atoms with E-state index in [-0.39, 0.29) is 0 Å². The number of aromatic nitrogens is 1. The summed E-state index contributed by atoms with van der Waals surface area (Å²) in [4.78, 5) is 15.6. The number of pyridine rings is 1. The molecule has 7 nitrogen and oxygen atoms in total. The fourth-order valence-electron chi connectivity index (χ4n) is 1.44. The van der Waals surface area contributed by atoms with Crippen molar-refractivity contribution >= 4 is 17.7 Å². The highest BCUT2D eigenvalue weighted by Crippen LogP contribution is 2.12. The van der Waals surface area contributed by atoms with Gasteiger partial charge in [0.1, 0.15) is 17.2 Å². The lowest BCUT2D eigenvalue weighted by Crippen LogP contribution is -2.35. The van der Waals surface area contributed by atoms with Crippen LogP contribution in [0.3, 0.4) is 0 Å². The van der Waals surface area contributed by atoms with Gasteiger partial charge in [-0.3, -0.25) is 0 Å². The number of carbonyl (C=O) groups excluding carboxylic acids is 1. The van der Waals surface area contributed by atoms with Crippen molar-refractivity contribution in [2.45, 2.75) is 32.9 Å². The first-order valence-electron chi connectivity index (χ1n) is 6.48. The van der Waals surface area contributed by atoms with Crippen LogP contribution in [-0.4, -0.2) is 29.8 Å². The summed E-state index contributed by atoms with van der Waals surface area (Å²) in [5.74, 6) is 1.06. The van der Waals surface area contributed by atoms with Crippen molar-refractivity contribution in [2.24, 2.45) is 5.73 Å². The molecule has 0 bridgehead atoms. The summed E-state index contributed by atoms with van der Waals surface area (Å²) in [6.07, 6.45) is -0.440. The molecular weight excluding hydrogens is 258 g/mol. The molecule has 0 saturated carbocycles. The summed E-state index contributed by atoms with van der Waals surface area (Å²) < 4.78 is 5.11. The number of amides is 1. The third-order valence-corrected chi connectivity index (χ3v) is 2.33. The van der Waals surface area contributed by atoms with Gasteiger partial charge in [-0.2, -0.15) is 0 Å². The zero-order chi connectivity index (χ0) is 15.2. The standard InChI is InChI=1S/C13H23N5O2/c1-13(2,3)20-12(19)17-7-6-16-10-5-4-9(8-14)11(15)18-10/h4-5H,6-8,14H2,1-3H3,(H,17,19)(H3,15,16,18). The zero-order valence-corrected chi connectivity index (χ0v) is 12.2. The first kappa shape index (κ1) is 16.0. The molecule has 0 saturated heterocycles. The fraction of sp³-hybridized carbons (Fsp3) is 0.538. The Morgan fingerprint density at radius 1 is 1.35 bits per heavy atom. The maximum atomic E-state index is 11.4. The highest BCUT2D eigenvalue weighted by atomic mass is 16.6. The monoisotopic (exact) mass is 281 g/mol. The summed E-state index contributed by atoms with van der Waals surface area (Å²) in [6.45, 7) is 6.76. The van der Waals surface area contributed by atoms with E-state index < -0.39 is 11.7 Å². The Hall–Kier alpha value is -2.02. The van der Waals surface area contributed by atoms with Gasteiger partial charge in [0.05, 0.1) is 0 Å². The lowest BCUT2D eigenvalue weighted by atomic mass is 10.2. The van der Waals surface area contributed by atoms with Gasteiger partial charge in [-0.25, -0.2) is 9.78 Å². The van der Waals surface area contributed by atoms with Gasteiger partial charge < -0.3 is 26.8 Å². The quantitative estimate of drug-likeness (QED) is 0.600. The highest BCUT2D eigenvalue weighted by Gasteiger charge is 2.15. The Kier molecular flexibility index (Phi) is 5.57. The topological polar surface area (TPSA) is 115 Å². The second-order valence-corrected chi connectivity index (χ2v) is 5.30. The number of nitrogens with zero attached hydrogens (tertiary/aromatic N) is 1. The number of carbonyl (C=O) groups is 1. The summed E-state index contributed by atoms with van der Waals surface area (Å²) >= 11 is 0. The van der Waals surface area contributed by atoms with Gasteiger partial charge in [0.25, 0.3) is 0 Å². The van der Waals surface area contributed by atoms with Gasteiger partial charge >= 0.3 is 6.09 Å². The van der Waals surface area contributed by atoms with Crippen LogP contribution in [0.2, 0.25) is 0 Å². The van der Waals surface area contributed by atoms with Gasteiger partial charge in [0.15, 0.2) is 0 Å². The summed E-state index contributed by atoms with van der Waals surface area (Å²) in [5.41, 5.74) is 11.6. The zero-order valence-electron chi connectivity index (χ0n) is 12.2. The Balaban J connectivity index is 2.31. The number of rotatable bonds is 5.